The molecule has 2 heterocycles. The summed E-state index contributed by atoms with van der Waals surface area (Å²) in [7, 11) is 3.83. The number of hydrogen-bond donors (Lipinski definition) is 1. The van der Waals surface area contributed by atoms with E-state index in [0.29, 0.717) is 6.04 Å². The van der Waals surface area contributed by atoms with Gasteiger partial charge in [-0.05, 0) is 20.9 Å². The molecule has 0 spiro atoms. The van der Waals surface area contributed by atoms with Crippen molar-refractivity contribution in [3.05, 3.63) is 6.33 Å². The van der Waals surface area contributed by atoms with E-state index in [9.17, 15) is 0 Å². The normalized spacial score (nSPS) is 20.4. The highest BCUT2D eigenvalue weighted by molar-refractivity contribution is 5.65. The summed E-state index contributed by atoms with van der Waals surface area (Å²) in [5.41, 5.74) is 0. The Hall–Kier alpha value is -1.56. The lowest BCUT2D eigenvalue weighted by molar-refractivity contribution is 0.232. The van der Waals surface area contributed by atoms with Crippen LogP contribution < -0.4 is 15.0 Å². The summed E-state index contributed by atoms with van der Waals surface area (Å²) in [5, 5.41) is 3.21. The number of rotatable bonds is 4. The van der Waals surface area contributed by atoms with Crippen molar-refractivity contribution >= 4 is 11.6 Å². The van der Waals surface area contributed by atoms with Crippen LogP contribution in [0.3, 0.4) is 0 Å². The van der Waals surface area contributed by atoms with E-state index in [4.69, 9.17) is 4.74 Å². The minimum atomic E-state index is 0.510. The Morgan fingerprint density at radius 1 is 1.42 bits per heavy atom. The van der Waals surface area contributed by atoms with Crippen molar-refractivity contribution in [2.24, 2.45) is 0 Å². The quantitative estimate of drug-likeness (QED) is 0.878. The highest BCUT2D eigenvalue weighted by Gasteiger charge is 2.25. The van der Waals surface area contributed by atoms with E-state index in [1.165, 1.54) is 0 Å². The second-order valence-electron chi connectivity index (χ2n) is 4.89. The summed E-state index contributed by atoms with van der Waals surface area (Å²) < 4.78 is 5.50. The van der Waals surface area contributed by atoms with Crippen molar-refractivity contribution < 1.29 is 4.74 Å². The van der Waals surface area contributed by atoms with Crippen molar-refractivity contribution in [1.29, 1.82) is 0 Å². The molecule has 2 rings (SSSR count). The van der Waals surface area contributed by atoms with Gasteiger partial charge in [-0.25, -0.2) is 9.97 Å². The van der Waals surface area contributed by atoms with Crippen LogP contribution in [0.2, 0.25) is 0 Å². The highest BCUT2D eigenvalue weighted by Crippen LogP contribution is 2.32. The molecule has 0 aliphatic carbocycles. The molecule has 6 heteroatoms. The van der Waals surface area contributed by atoms with Gasteiger partial charge in [0.15, 0.2) is 11.6 Å². The first kappa shape index (κ1) is 13.9. The molecule has 1 saturated heterocycles. The van der Waals surface area contributed by atoms with Gasteiger partial charge in [0.2, 0.25) is 5.75 Å². The molecule has 1 unspecified atom stereocenters. The minimum Gasteiger partial charge on any atom is -0.490 e. The smallest absolute Gasteiger partial charge is 0.204 e. The van der Waals surface area contributed by atoms with Gasteiger partial charge in [-0.1, -0.05) is 0 Å². The molecule has 0 saturated carbocycles. The molecule has 1 aromatic rings. The summed E-state index contributed by atoms with van der Waals surface area (Å²) in [6.45, 7) is 8.02. The molecule has 106 valence electrons. The molecule has 1 N–H and O–H groups in total. The summed E-state index contributed by atoms with van der Waals surface area (Å²) >= 11 is 0. The van der Waals surface area contributed by atoms with E-state index in [0.717, 1.165) is 43.6 Å². The zero-order chi connectivity index (χ0) is 13.8. The molecule has 1 fully saturated rings. The number of aromatic nitrogens is 2. The van der Waals surface area contributed by atoms with Crippen LogP contribution in [0.15, 0.2) is 6.33 Å². The zero-order valence-corrected chi connectivity index (χ0v) is 12.2. The van der Waals surface area contributed by atoms with Gasteiger partial charge in [-0.15, -0.1) is 0 Å². The molecule has 19 heavy (non-hydrogen) atoms. The average Bonchev–Trinajstić information content (AvgIpc) is 2.42. The molecule has 0 bridgehead atoms. The van der Waals surface area contributed by atoms with Crippen LogP contribution in [-0.2, 0) is 0 Å². The third-order valence-corrected chi connectivity index (χ3v) is 3.59. The molecule has 0 radical (unpaired) electrons. The summed E-state index contributed by atoms with van der Waals surface area (Å²) in [5.74, 6) is 2.39. The molecule has 0 aromatic carbocycles. The van der Waals surface area contributed by atoms with Gasteiger partial charge < -0.3 is 19.9 Å². The third-order valence-electron chi connectivity index (χ3n) is 3.59. The standard InChI is InChI=1S/C13H23N5O/c1-5-14-12-11(19-4)13(16-9-15-12)18-7-6-17(3)10(2)8-18/h9-10H,5-8H2,1-4H3,(H,14,15,16). The predicted molar refractivity (Wildman–Crippen MR) is 77.1 cm³/mol. The number of hydrogen-bond acceptors (Lipinski definition) is 6. The molecule has 1 aromatic heterocycles. The lowest BCUT2D eigenvalue weighted by Crippen LogP contribution is -2.50. The van der Waals surface area contributed by atoms with E-state index < -0.39 is 0 Å². The Morgan fingerprint density at radius 3 is 2.84 bits per heavy atom. The molecule has 6 nitrogen and oxygen atoms in total. The topological polar surface area (TPSA) is 53.5 Å². The Bertz CT molecular complexity index is 425. The van der Waals surface area contributed by atoms with E-state index in [2.05, 4.69) is 39.1 Å². The van der Waals surface area contributed by atoms with E-state index in [1.807, 2.05) is 6.92 Å². The summed E-state index contributed by atoms with van der Waals surface area (Å²) in [6, 6.07) is 0.510. The SMILES string of the molecule is CCNc1ncnc(N2CCN(C)C(C)C2)c1OC. The fourth-order valence-electron chi connectivity index (χ4n) is 2.31. The van der Waals surface area contributed by atoms with Crippen molar-refractivity contribution in [2.75, 3.05) is 50.6 Å². The number of ether oxygens (including phenoxy) is 1. The molecule has 1 atom stereocenters. The van der Waals surface area contributed by atoms with E-state index in [-0.39, 0.29) is 0 Å². The third kappa shape index (κ3) is 2.89. The van der Waals surface area contributed by atoms with Crippen molar-refractivity contribution in [3.8, 4) is 5.75 Å². The monoisotopic (exact) mass is 265 g/mol. The largest absolute Gasteiger partial charge is 0.490 e. The summed E-state index contributed by atoms with van der Waals surface area (Å²) in [4.78, 5) is 13.3. The van der Waals surface area contributed by atoms with Crippen molar-refractivity contribution in [1.82, 2.24) is 14.9 Å². The van der Waals surface area contributed by atoms with Crippen molar-refractivity contribution in [2.45, 2.75) is 19.9 Å². The van der Waals surface area contributed by atoms with Crippen LogP contribution in [0.5, 0.6) is 5.75 Å². The minimum absolute atomic E-state index is 0.510. The molecular formula is C13H23N5O. The van der Waals surface area contributed by atoms with Crippen LogP contribution in [-0.4, -0.2) is 61.2 Å². The van der Waals surface area contributed by atoms with Gasteiger partial charge in [-0.3, -0.25) is 0 Å². The maximum atomic E-state index is 5.50. The zero-order valence-electron chi connectivity index (χ0n) is 12.2. The Morgan fingerprint density at radius 2 is 2.21 bits per heavy atom. The Kier molecular flexibility index (Phi) is 4.42. The second kappa shape index (κ2) is 6.06. The Balaban J connectivity index is 2.26. The van der Waals surface area contributed by atoms with Gasteiger partial charge in [0.1, 0.15) is 6.33 Å². The van der Waals surface area contributed by atoms with Crippen LogP contribution in [0.1, 0.15) is 13.8 Å². The molecular weight excluding hydrogens is 242 g/mol. The maximum absolute atomic E-state index is 5.50. The lowest BCUT2D eigenvalue weighted by atomic mass is 10.2. The van der Waals surface area contributed by atoms with Gasteiger partial charge in [0.05, 0.1) is 7.11 Å². The van der Waals surface area contributed by atoms with Crippen LogP contribution in [0, 0.1) is 0 Å². The van der Waals surface area contributed by atoms with Crippen LogP contribution >= 0.6 is 0 Å². The van der Waals surface area contributed by atoms with Crippen LogP contribution in [0.4, 0.5) is 11.6 Å². The number of anilines is 2. The Labute approximate surface area is 114 Å². The molecule has 1 aliphatic rings. The first-order valence-electron chi connectivity index (χ1n) is 6.75. The number of likely N-dealkylation sites (N-methyl/N-ethyl adjacent to an activating group) is 1. The van der Waals surface area contributed by atoms with Gasteiger partial charge in [-0.2, -0.15) is 0 Å². The van der Waals surface area contributed by atoms with Gasteiger partial charge in [0.25, 0.3) is 0 Å². The highest BCUT2D eigenvalue weighted by atomic mass is 16.5. The number of nitrogens with zero attached hydrogens (tertiary/aromatic N) is 4. The fraction of sp³-hybridized carbons (Fsp3) is 0.692. The summed E-state index contributed by atoms with van der Waals surface area (Å²) in [6.07, 6.45) is 1.60. The lowest BCUT2D eigenvalue weighted by Gasteiger charge is -2.38. The first-order valence-corrected chi connectivity index (χ1v) is 6.75. The van der Waals surface area contributed by atoms with Gasteiger partial charge in [0, 0.05) is 32.2 Å². The average molecular weight is 265 g/mol. The second-order valence-corrected chi connectivity index (χ2v) is 4.89. The van der Waals surface area contributed by atoms with E-state index in [1.54, 1.807) is 13.4 Å². The molecule has 0 amide bonds. The van der Waals surface area contributed by atoms with E-state index >= 15 is 0 Å². The number of nitrogens with one attached hydrogen (secondary N) is 1. The first-order chi connectivity index (χ1) is 9.17. The number of methoxy groups -OCH3 is 1. The molecule has 1 aliphatic heterocycles. The van der Waals surface area contributed by atoms with Crippen LogP contribution in [0.25, 0.3) is 0 Å². The van der Waals surface area contributed by atoms with Gasteiger partial charge >= 0.3 is 0 Å². The predicted octanol–water partition coefficient (Wildman–Crippen LogP) is 1.06. The van der Waals surface area contributed by atoms with Crippen molar-refractivity contribution in [3.63, 3.8) is 0 Å². The number of piperazine rings is 1. The maximum Gasteiger partial charge on any atom is 0.204 e. The fourth-order valence-corrected chi connectivity index (χ4v) is 2.31.